The Kier molecular flexibility index (Phi) is 10.8. The summed E-state index contributed by atoms with van der Waals surface area (Å²) in [6.45, 7) is 5.04. The van der Waals surface area contributed by atoms with E-state index in [0.29, 0.717) is 56.0 Å². The predicted molar refractivity (Wildman–Crippen MR) is 146 cm³/mol. The maximum absolute atomic E-state index is 14.0. The van der Waals surface area contributed by atoms with Crippen LogP contribution in [-0.4, -0.2) is 88.4 Å². The fraction of sp³-hybridized carbons (Fsp3) is 0.621. The van der Waals surface area contributed by atoms with Crippen molar-refractivity contribution in [2.75, 3.05) is 52.1 Å². The number of nitrogens with zero attached hydrogens (tertiary/aromatic N) is 2. The van der Waals surface area contributed by atoms with Crippen molar-refractivity contribution in [1.29, 1.82) is 0 Å². The van der Waals surface area contributed by atoms with Crippen LogP contribution in [0.1, 0.15) is 61.7 Å². The third kappa shape index (κ3) is 6.94. The number of hydrogen-bond acceptors (Lipinski definition) is 9. The fourth-order valence-corrected chi connectivity index (χ4v) is 5.37. The van der Waals surface area contributed by atoms with E-state index in [4.69, 9.17) is 28.4 Å². The van der Waals surface area contributed by atoms with Crippen LogP contribution in [0.25, 0.3) is 0 Å². The number of methoxy groups -OCH3 is 2. The summed E-state index contributed by atoms with van der Waals surface area (Å²) in [7, 11) is 2.97. The van der Waals surface area contributed by atoms with Crippen LogP contribution in [0.4, 0.5) is 10.5 Å². The summed E-state index contributed by atoms with van der Waals surface area (Å²) in [4.78, 5) is 42.7. The van der Waals surface area contributed by atoms with Crippen molar-refractivity contribution in [2.24, 2.45) is 0 Å². The standard InChI is InChI=1S/C29H40N2O9/c1-4-14-39-29(34)31-23-18-25(37-16-9-10-20(32)19-35-2)24(36-3)17-21(23)27(33)30-13-7-5-11-22(30)28(31)40-26-12-6-8-15-38-26/h4,17-18,22,26,28H,1,5-16,19H2,2-3H3/t22-,26?,28?/m0/s1. The van der Waals surface area contributed by atoms with Crippen molar-refractivity contribution in [3.05, 3.63) is 30.4 Å². The second-order valence-electron chi connectivity index (χ2n) is 10.1. The van der Waals surface area contributed by atoms with Gasteiger partial charge in [0, 0.05) is 32.7 Å². The molecular weight excluding hydrogens is 520 g/mol. The van der Waals surface area contributed by atoms with Crippen molar-refractivity contribution in [3.63, 3.8) is 0 Å². The first-order valence-electron chi connectivity index (χ1n) is 14.0. The Bertz CT molecular complexity index is 1060. The summed E-state index contributed by atoms with van der Waals surface area (Å²) in [5.74, 6) is 0.441. The van der Waals surface area contributed by atoms with Gasteiger partial charge < -0.3 is 33.3 Å². The van der Waals surface area contributed by atoms with Gasteiger partial charge in [0.2, 0.25) is 0 Å². The van der Waals surface area contributed by atoms with Gasteiger partial charge >= 0.3 is 6.09 Å². The molecule has 11 heteroatoms. The van der Waals surface area contributed by atoms with E-state index in [9.17, 15) is 14.4 Å². The number of Topliss-reactive ketones (excluding diaryl/α,β-unsaturated/α-hetero) is 1. The molecule has 0 aliphatic carbocycles. The topological polar surface area (TPSA) is 113 Å². The first-order chi connectivity index (χ1) is 19.5. The summed E-state index contributed by atoms with van der Waals surface area (Å²) in [5, 5.41) is 0. The summed E-state index contributed by atoms with van der Waals surface area (Å²) >= 11 is 0. The van der Waals surface area contributed by atoms with E-state index in [1.165, 1.54) is 25.2 Å². The average molecular weight is 561 g/mol. The molecule has 0 saturated carbocycles. The number of rotatable bonds is 12. The van der Waals surface area contributed by atoms with Gasteiger partial charge in [0.05, 0.1) is 31.0 Å². The first kappa shape index (κ1) is 29.8. The van der Waals surface area contributed by atoms with Gasteiger partial charge in [-0.3, -0.25) is 9.59 Å². The van der Waals surface area contributed by atoms with Gasteiger partial charge in [-0.05, 0) is 51.0 Å². The Labute approximate surface area is 235 Å². The van der Waals surface area contributed by atoms with Crippen LogP contribution in [0.3, 0.4) is 0 Å². The minimum absolute atomic E-state index is 0.00530. The van der Waals surface area contributed by atoms with Crippen LogP contribution in [0, 0.1) is 0 Å². The van der Waals surface area contributed by atoms with Gasteiger partial charge in [-0.15, -0.1) is 0 Å². The Hall–Kier alpha value is -3.15. The lowest BCUT2D eigenvalue weighted by molar-refractivity contribution is -0.198. The van der Waals surface area contributed by atoms with Crippen LogP contribution < -0.4 is 14.4 Å². The molecule has 3 heterocycles. The highest BCUT2D eigenvalue weighted by molar-refractivity contribution is 6.06. The SMILES string of the molecule is C=CCOC(=O)N1c2cc(OCCCC(=O)COC)c(OC)cc2C(=O)N2CCCC[C@H]2C1OC1CCCCO1. The molecular formula is C29H40N2O9. The molecule has 2 saturated heterocycles. The summed E-state index contributed by atoms with van der Waals surface area (Å²) in [6.07, 6.45) is 5.25. The van der Waals surface area contributed by atoms with Gasteiger partial charge in [-0.1, -0.05) is 12.7 Å². The molecule has 2 amide bonds. The lowest BCUT2D eigenvalue weighted by Crippen LogP contribution is -2.57. The number of ketones is 1. The number of amides is 2. The van der Waals surface area contributed by atoms with E-state index >= 15 is 0 Å². The molecule has 2 unspecified atom stereocenters. The minimum atomic E-state index is -0.834. The van der Waals surface area contributed by atoms with Crippen LogP contribution in [0.15, 0.2) is 24.8 Å². The van der Waals surface area contributed by atoms with E-state index in [-0.39, 0.29) is 37.1 Å². The van der Waals surface area contributed by atoms with E-state index in [1.54, 1.807) is 17.0 Å². The van der Waals surface area contributed by atoms with Gasteiger partial charge in [0.1, 0.15) is 13.2 Å². The van der Waals surface area contributed by atoms with Crippen LogP contribution >= 0.6 is 0 Å². The molecule has 4 rings (SSSR count). The number of anilines is 1. The Morgan fingerprint density at radius 3 is 2.67 bits per heavy atom. The number of carbonyl (C=O) groups excluding carboxylic acids is 3. The Morgan fingerprint density at radius 1 is 1.12 bits per heavy atom. The quantitative estimate of drug-likeness (QED) is 0.276. The van der Waals surface area contributed by atoms with Crippen molar-refractivity contribution >= 4 is 23.5 Å². The molecule has 3 aliphatic rings. The zero-order valence-corrected chi connectivity index (χ0v) is 23.4. The van der Waals surface area contributed by atoms with Crippen molar-refractivity contribution in [2.45, 2.75) is 69.9 Å². The monoisotopic (exact) mass is 560 g/mol. The highest BCUT2D eigenvalue weighted by atomic mass is 16.7. The molecule has 3 aliphatic heterocycles. The molecule has 0 bridgehead atoms. The number of hydrogen-bond donors (Lipinski definition) is 0. The van der Waals surface area contributed by atoms with Crippen molar-refractivity contribution < 1.29 is 42.8 Å². The van der Waals surface area contributed by atoms with E-state index in [0.717, 1.165) is 25.7 Å². The molecule has 1 aromatic carbocycles. The summed E-state index contributed by atoms with van der Waals surface area (Å²) < 4.78 is 34.4. The molecule has 220 valence electrons. The lowest BCUT2D eigenvalue weighted by atomic mass is 10.00. The van der Waals surface area contributed by atoms with Crippen LogP contribution in [0.2, 0.25) is 0 Å². The number of carbonyl (C=O) groups is 3. The highest BCUT2D eigenvalue weighted by Crippen LogP contribution is 2.42. The zero-order valence-electron chi connectivity index (χ0n) is 23.4. The Balaban J connectivity index is 1.73. The first-order valence-corrected chi connectivity index (χ1v) is 14.0. The maximum atomic E-state index is 14.0. The minimum Gasteiger partial charge on any atom is -0.493 e. The van der Waals surface area contributed by atoms with E-state index in [2.05, 4.69) is 6.58 Å². The number of fused-ring (bicyclic) bond motifs is 2. The molecule has 0 spiro atoms. The van der Waals surface area contributed by atoms with Crippen LogP contribution in [-0.2, 0) is 23.7 Å². The maximum Gasteiger partial charge on any atom is 0.416 e. The molecule has 2 fully saturated rings. The summed E-state index contributed by atoms with van der Waals surface area (Å²) in [5.41, 5.74) is 0.595. The third-order valence-corrected chi connectivity index (χ3v) is 7.28. The lowest BCUT2D eigenvalue weighted by Gasteiger charge is -2.42. The number of benzene rings is 1. The molecule has 11 nitrogen and oxygen atoms in total. The molecule has 0 N–H and O–H groups in total. The van der Waals surface area contributed by atoms with Gasteiger partial charge in [-0.25, -0.2) is 9.69 Å². The van der Waals surface area contributed by atoms with Crippen LogP contribution in [0.5, 0.6) is 11.5 Å². The third-order valence-electron chi connectivity index (χ3n) is 7.28. The van der Waals surface area contributed by atoms with E-state index in [1.807, 2.05) is 0 Å². The highest BCUT2D eigenvalue weighted by Gasteiger charge is 2.46. The zero-order chi connectivity index (χ0) is 28.5. The normalized spacial score (nSPS) is 22.6. The van der Waals surface area contributed by atoms with E-state index < -0.39 is 24.7 Å². The molecule has 40 heavy (non-hydrogen) atoms. The largest absolute Gasteiger partial charge is 0.493 e. The molecule has 1 aromatic rings. The smallest absolute Gasteiger partial charge is 0.416 e. The number of ether oxygens (including phenoxy) is 6. The second kappa shape index (κ2) is 14.5. The van der Waals surface area contributed by atoms with Gasteiger partial charge in [-0.2, -0.15) is 0 Å². The predicted octanol–water partition coefficient (Wildman–Crippen LogP) is 4.08. The summed E-state index contributed by atoms with van der Waals surface area (Å²) in [6, 6.07) is 2.83. The second-order valence-corrected chi connectivity index (χ2v) is 10.1. The fourth-order valence-electron chi connectivity index (χ4n) is 5.37. The average Bonchev–Trinajstić information content (AvgIpc) is 3.07. The number of piperidine rings is 1. The Morgan fingerprint density at radius 2 is 1.95 bits per heavy atom. The van der Waals surface area contributed by atoms with Gasteiger partial charge in [0.25, 0.3) is 5.91 Å². The molecule has 3 atom stereocenters. The van der Waals surface area contributed by atoms with Gasteiger partial charge in [0.15, 0.2) is 29.8 Å². The van der Waals surface area contributed by atoms with Crippen molar-refractivity contribution in [3.8, 4) is 11.5 Å². The molecule has 0 radical (unpaired) electrons. The van der Waals surface area contributed by atoms with Crippen molar-refractivity contribution in [1.82, 2.24) is 4.90 Å². The molecule has 0 aromatic heterocycles.